The van der Waals surface area contributed by atoms with E-state index in [1.807, 2.05) is 6.92 Å². The van der Waals surface area contributed by atoms with Gasteiger partial charge in [0.25, 0.3) is 0 Å². The van der Waals surface area contributed by atoms with Crippen molar-refractivity contribution in [2.24, 2.45) is 4.99 Å². The van der Waals surface area contributed by atoms with Crippen LogP contribution in [0.1, 0.15) is 39.0 Å². The van der Waals surface area contributed by atoms with E-state index in [0.717, 1.165) is 19.3 Å². The highest BCUT2D eigenvalue weighted by Crippen LogP contribution is 2.21. The first-order valence-electron chi connectivity index (χ1n) is 5.68. The van der Waals surface area contributed by atoms with Gasteiger partial charge in [0.1, 0.15) is 6.17 Å². The van der Waals surface area contributed by atoms with Crippen LogP contribution in [0.15, 0.2) is 4.99 Å². The fourth-order valence-corrected chi connectivity index (χ4v) is 3.63. The predicted molar refractivity (Wildman–Crippen MR) is 61.2 cm³/mol. The highest BCUT2D eigenvalue weighted by molar-refractivity contribution is 7.89. The number of sulfonamides is 1. The van der Waals surface area contributed by atoms with Crippen molar-refractivity contribution in [2.45, 2.75) is 45.2 Å². The average molecular weight is 246 g/mol. The molecule has 1 atom stereocenters. The van der Waals surface area contributed by atoms with Crippen molar-refractivity contribution in [3.8, 4) is 0 Å². The van der Waals surface area contributed by atoms with Crippen molar-refractivity contribution in [1.29, 1.82) is 0 Å². The van der Waals surface area contributed by atoms with Crippen LogP contribution in [0, 0.1) is 0 Å². The molecule has 1 aliphatic rings. The maximum absolute atomic E-state index is 12.0. The van der Waals surface area contributed by atoms with Crippen LogP contribution in [-0.2, 0) is 14.8 Å². The molecule has 1 heterocycles. The smallest absolute Gasteiger partial charge is 0.212 e. The average Bonchev–Trinajstić information content (AvgIpc) is 2.44. The number of rotatable bonds is 4. The summed E-state index contributed by atoms with van der Waals surface area (Å²) >= 11 is 0. The lowest BCUT2D eigenvalue weighted by Crippen LogP contribution is -2.40. The van der Waals surface area contributed by atoms with Crippen LogP contribution in [0.2, 0.25) is 0 Å². The van der Waals surface area contributed by atoms with E-state index in [4.69, 9.17) is 0 Å². The van der Waals surface area contributed by atoms with E-state index in [1.165, 1.54) is 10.4 Å². The van der Waals surface area contributed by atoms with Crippen LogP contribution in [0.5, 0.6) is 0 Å². The summed E-state index contributed by atoms with van der Waals surface area (Å²) in [7, 11) is -3.27. The third-order valence-corrected chi connectivity index (χ3v) is 4.76. The minimum atomic E-state index is -3.27. The molecule has 0 aliphatic carbocycles. The molecule has 6 heteroatoms. The van der Waals surface area contributed by atoms with Gasteiger partial charge in [-0.1, -0.05) is 13.3 Å². The molecule has 1 fully saturated rings. The number of isocyanates is 1. The highest BCUT2D eigenvalue weighted by Gasteiger charge is 2.30. The third-order valence-electron chi connectivity index (χ3n) is 2.69. The lowest BCUT2D eigenvalue weighted by Gasteiger charge is -2.24. The molecule has 1 saturated heterocycles. The lowest BCUT2D eigenvalue weighted by molar-refractivity contribution is 0.330. The van der Waals surface area contributed by atoms with Crippen LogP contribution in [-0.4, -0.2) is 37.3 Å². The summed E-state index contributed by atoms with van der Waals surface area (Å²) in [5.74, 6) is 0.123. The Morgan fingerprint density at radius 1 is 1.38 bits per heavy atom. The summed E-state index contributed by atoms with van der Waals surface area (Å²) in [6, 6.07) is 0. The van der Waals surface area contributed by atoms with Crippen molar-refractivity contribution in [1.82, 2.24) is 4.31 Å². The zero-order valence-corrected chi connectivity index (χ0v) is 10.4. The Balaban J connectivity index is 2.90. The summed E-state index contributed by atoms with van der Waals surface area (Å²) < 4.78 is 25.3. The minimum Gasteiger partial charge on any atom is -0.212 e. The summed E-state index contributed by atoms with van der Waals surface area (Å²) in [4.78, 5) is 13.9. The Kier molecular flexibility index (Phi) is 5.12. The fourth-order valence-electron chi connectivity index (χ4n) is 1.95. The van der Waals surface area contributed by atoms with Crippen molar-refractivity contribution in [3.63, 3.8) is 0 Å². The number of aliphatic imine (C=N–C) groups is 1. The normalized spacial score (nSPS) is 23.4. The van der Waals surface area contributed by atoms with Gasteiger partial charge in [-0.05, 0) is 25.7 Å². The maximum Gasteiger partial charge on any atom is 0.236 e. The van der Waals surface area contributed by atoms with Crippen LogP contribution >= 0.6 is 0 Å². The molecule has 92 valence electrons. The van der Waals surface area contributed by atoms with E-state index in [1.54, 1.807) is 0 Å². The van der Waals surface area contributed by atoms with E-state index in [9.17, 15) is 13.2 Å². The lowest BCUT2D eigenvalue weighted by atomic mass is 10.2. The van der Waals surface area contributed by atoms with Gasteiger partial charge < -0.3 is 0 Å². The van der Waals surface area contributed by atoms with Crippen LogP contribution in [0.4, 0.5) is 0 Å². The van der Waals surface area contributed by atoms with E-state index >= 15 is 0 Å². The molecule has 0 radical (unpaired) electrons. The summed E-state index contributed by atoms with van der Waals surface area (Å²) in [5, 5.41) is 0. The Bertz CT molecular complexity index is 360. The molecule has 0 aromatic carbocycles. The first-order valence-corrected chi connectivity index (χ1v) is 7.29. The Morgan fingerprint density at radius 3 is 2.75 bits per heavy atom. The molecule has 0 N–H and O–H groups in total. The monoisotopic (exact) mass is 246 g/mol. The van der Waals surface area contributed by atoms with Crippen molar-refractivity contribution >= 4 is 16.1 Å². The fraction of sp³-hybridized carbons (Fsp3) is 0.900. The maximum atomic E-state index is 12.0. The second-order valence-corrected chi connectivity index (χ2v) is 6.02. The topological polar surface area (TPSA) is 66.8 Å². The summed E-state index contributed by atoms with van der Waals surface area (Å²) in [6.45, 7) is 2.30. The van der Waals surface area contributed by atoms with Gasteiger partial charge in [0.15, 0.2) is 0 Å². The molecule has 0 spiro atoms. The van der Waals surface area contributed by atoms with E-state index < -0.39 is 16.2 Å². The number of nitrogens with zero attached hydrogens (tertiary/aromatic N) is 2. The van der Waals surface area contributed by atoms with Crippen LogP contribution in [0.25, 0.3) is 0 Å². The second kappa shape index (κ2) is 6.13. The van der Waals surface area contributed by atoms with E-state index in [-0.39, 0.29) is 5.75 Å². The standard InChI is InChI=1S/C10H18N2O3S/c1-2-8-16(14,15)12-7-5-3-4-6-10(12)11-9-13/h10H,2-8H2,1H3. The quantitative estimate of drug-likeness (QED) is 0.554. The SMILES string of the molecule is CCCS(=O)(=O)N1CCCCCC1N=C=O. The van der Waals surface area contributed by atoms with Gasteiger partial charge in [0, 0.05) is 6.54 Å². The van der Waals surface area contributed by atoms with Crippen molar-refractivity contribution in [3.05, 3.63) is 0 Å². The molecule has 0 saturated carbocycles. The number of hydrogen-bond acceptors (Lipinski definition) is 4. The molecule has 5 nitrogen and oxygen atoms in total. The van der Waals surface area contributed by atoms with Gasteiger partial charge in [0.2, 0.25) is 16.1 Å². The molecule has 16 heavy (non-hydrogen) atoms. The summed E-state index contributed by atoms with van der Waals surface area (Å²) in [5.41, 5.74) is 0. The van der Waals surface area contributed by atoms with Gasteiger partial charge in [-0.25, -0.2) is 13.2 Å². The molecular weight excluding hydrogens is 228 g/mol. The summed E-state index contributed by atoms with van der Waals surface area (Å²) in [6.07, 6.45) is 4.89. The first-order chi connectivity index (χ1) is 7.61. The molecule has 0 bridgehead atoms. The minimum absolute atomic E-state index is 0.123. The molecule has 0 aromatic rings. The number of hydrogen-bond donors (Lipinski definition) is 0. The van der Waals surface area contributed by atoms with Crippen molar-refractivity contribution < 1.29 is 13.2 Å². The zero-order valence-electron chi connectivity index (χ0n) is 9.55. The van der Waals surface area contributed by atoms with Crippen molar-refractivity contribution in [2.75, 3.05) is 12.3 Å². The van der Waals surface area contributed by atoms with E-state index in [0.29, 0.717) is 19.4 Å². The Labute approximate surface area is 96.6 Å². The van der Waals surface area contributed by atoms with E-state index in [2.05, 4.69) is 4.99 Å². The second-order valence-electron chi connectivity index (χ2n) is 3.98. The van der Waals surface area contributed by atoms with Gasteiger partial charge >= 0.3 is 0 Å². The van der Waals surface area contributed by atoms with Crippen LogP contribution in [0.3, 0.4) is 0 Å². The predicted octanol–water partition coefficient (Wildman–Crippen LogP) is 1.26. The van der Waals surface area contributed by atoms with Gasteiger partial charge in [-0.15, -0.1) is 0 Å². The molecule has 0 amide bonds. The molecule has 0 aromatic heterocycles. The molecular formula is C10H18N2O3S. The first kappa shape index (κ1) is 13.4. The van der Waals surface area contributed by atoms with Crippen LogP contribution < -0.4 is 0 Å². The Morgan fingerprint density at radius 2 is 2.12 bits per heavy atom. The van der Waals surface area contributed by atoms with Gasteiger partial charge in [0.05, 0.1) is 5.75 Å². The number of carbonyl (C=O) groups excluding carboxylic acids is 1. The molecule has 1 rings (SSSR count). The Hall–Kier alpha value is -0.710. The zero-order chi connectivity index (χ0) is 12.0. The highest BCUT2D eigenvalue weighted by atomic mass is 32.2. The molecule has 1 unspecified atom stereocenters. The largest absolute Gasteiger partial charge is 0.236 e. The molecule has 1 aliphatic heterocycles. The van der Waals surface area contributed by atoms with Gasteiger partial charge in [-0.2, -0.15) is 9.30 Å². The van der Waals surface area contributed by atoms with Gasteiger partial charge in [-0.3, -0.25) is 0 Å². The third kappa shape index (κ3) is 3.40.